The molecule has 132 valence electrons. The van der Waals surface area contributed by atoms with Crippen molar-refractivity contribution in [2.75, 3.05) is 20.8 Å². The lowest BCUT2D eigenvalue weighted by Gasteiger charge is -2.19. The van der Waals surface area contributed by atoms with Gasteiger partial charge in [-0.2, -0.15) is 0 Å². The summed E-state index contributed by atoms with van der Waals surface area (Å²) < 4.78 is 11.8. The summed E-state index contributed by atoms with van der Waals surface area (Å²) in [6, 6.07) is 11.5. The zero-order valence-electron chi connectivity index (χ0n) is 14.3. The molecule has 0 unspecified atom stereocenters. The molecule has 0 atom stereocenters. The van der Waals surface area contributed by atoms with Gasteiger partial charge in [0, 0.05) is 22.2 Å². The topological polar surface area (TPSA) is 47.9 Å². The molecule has 0 saturated carbocycles. The van der Waals surface area contributed by atoms with Crippen LogP contribution in [0.25, 0.3) is 10.1 Å². The molecule has 4 nitrogen and oxygen atoms in total. The number of methoxy groups -OCH3 is 2. The summed E-state index contributed by atoms with van der Waals surface area (Å²) in [6.45, 7) is 0.562. The number of benzene rings is 2. The highest BCUT2D eigenvalue weighted by Gasteiger charge is 2.27. The van der Waals surface area contributed by atoms with E-state index in [-0.39, 0.29) is 5.78 Å². The maximum atomic E-state index is 13.2. The Labute approximate surface area is 160 Å². The Balaban J connectivity index is 1.82. The third kappa shape index (κ3) is 2.68. The fourth-order valence-electron chi connectivity index (χ4n) is 3.18. The van der Waals surface area contributed by atoms with Crippen molar-refractivity contribution in [3.05, 3.63) is 57.4 Å². The summed E-state index contributed by atoms with van der Waals surface area (Å²) in [5, 5.41) is 1.39. The van der Waals surface area contributed by atoms with Gasteiger partial charge in [0.05, 0.1) is 24.1 Å². The Kier molecular flexibility index (Phi) is 4.42. The minimum absolute atomic E-state index is 0.149. The first-order valence-corrected chi connectivity index (χ1v) is 9.35. The minimum atomic E-state index is -0.149. The molecule has 0 saturated heterocycles. The van der Waals surface area contributed by atoms with Gasteiger partial charge in [-0.05, 0) is 30.2 Å². The molecule has 4 rings (SSSR count). The number of thiophene rings is 1. The van der Waals surface area contributed by atoms with Crippen LogP contribution < -0.4 is 9.47 Å². The van der Waals surface area contributed by atoms with Crippen LogP contribution in [-0.2, 0) is 6.42 Å². The number of nitrogens with zero attached hydrogens (tertiary/aromatic N) is 1. The summed E-state index contributed by atoms with van der Waals surface area (Å²) in [4.78, 5) is 18.3. The fraction of sp³-hybridized carbons (Fsp3) is 0.200. The fourth-order valence-corrected chi connectivity index (χ4v) is 4.64. The van der Waals surface area contributed by atoms with Gasteiger partial charge in [-0.3, -0.25) is 9.79 Å². The van der Waals surface area contributed by atoms with Gasteiger partial charge in [-0.1, -0.05) is 29.8 Å². The smallest absolute Gasteiger partial charge is 0.222 e. The minimum Gasteiger partial charge on any atom is -0.493 e. The second-order valence-electron chi connectivity index (χ2n) is 5.92. The van der Waals surface area contributed by atoms with Crippen LogP contribution >= 0.6 is 22.9 Å². The number of hydrogen-bond donors (Lipinski definition) is 0. The van der Waals surface area contributed by atoms with Crippen molar-refractivity contribution in [2.24, 2.45) is 4.99 Å². The molecular formula is C20H16ClNO3S. The lowest BCUT2D eigenvalue weighted by Crippen LogP contribution is -2.22. The molecule has 6 heteroatoms. The summed E-state index contributed by atoms with van der Waals surface area (Å²) in [5.41, 5.74) is 2.24. The molecule has 0 radical (unpaired) electrons. The maximum absolute atomic E-state index is 13.2. The van der Waals surface area contributed by atoms with Gasteiger partial charge >= 0.3 is 0 Å². The van der Waals surface area contributed by atoms with Crippen molar-refractivity contribution in [3.63, 3.8) is 0 Å². The van der Waals surface area contributed by atoms with Crippen LogP contribution in [0.15, 0.2) is 41.4 Å². The van der Waals surface area contributed by atoms with Gasteiger partial charge in [-0.15, -0.1) is 11.3 Å². The molecule has 0 spiro atoms. The summed E-state index contributed by atoms with van der Waals surface area (Å²) in [6.07, 6.45) is 0.757. The molecule has 1 aromatic heterocycles. The number of hydrogen-bond acceptors (Lipinski definition) is 5. The number of Topliss-reactive ketones (excluding diaryl/α,β-unsaturated/α-hetero) is 1. The molecule has 0 amide bonds. The van der Waals surface area contributed by atoms with E-state index in [0.717, 1.165) is 27.6 Å². The average Bonchev–Trinajstić information content (AvgIpc) is 3.02. The van der Waals surface area contributed by atoms with E-state index in [1.807, 2.05) is 36.4 Å². The van der Waals surface area contributed by atoms with Crippen molar-refractivity contribution < 1.29 is 14.3 Å². The van der Waals surface area contributed by atoms with Crippen LogP contribution in [0.1, 0.15) is 20.8 Å². The van der Waals surface area contributed by atoms with Gasteiger partial charge in [-0.25, -0.2) is 0 Å². The van der Waals surface area contributed by atoms with Crippen molar-refractivity contribution in [3.8, 4) is 11.5 Å². The standard InChI is InChI=1S/C20H16ClNO3S/c1-24-14-9-11-7-8-22-18(13(11)10-15(14)25-2)19(23)20-17(21)12-5-3-4-6-16(12)26-20/h3-6,9-10H,7-8H2,1-2H3. The van der Waals surface area contributed by atoms with E-state index in [1.165, 1.54) is 11.3 Å². The van der Waals surface area contributed by atoms with E-state index in [4.69, 9.17) is 21.1 Å². The molecule has 0 aliphatic carbocycles. The lowest BCUT2D eigenvalue weighted by molar-refractivity contribution is 0.106. The Morgan fingerprint density at radius 2 is 1.88 bits per heavy atom. The number of carbonyl (C=O) groups excluding carboxylic acids is 1. The van der Waals surface area contributed by atoms with Crippen molar-refractivity contribution in [1.29, 1.82) is 0 Å². The maximum Gasteiger partial charge on any atom is 0.222 e. The number of ketones is 1. The zero-order chi connectivity index (χ0) is 18.3. The van der Waals surface area contributed by atoms with E-state index in [0.29, 0.717) is 33.7 Å². The monoisotopic (exact) mass is 385 g/mol. The first-order chi connectivity index (χ1) is 12.6. The molecule has 2 aromatic carbocycles. The largest absolute Gasteiger partial charge is 0.493 e. The normalized spacial score (nSPS) is 13.3. The van der Waals surface area contributed by atoms with E-state index >= 15 is 0 Å². The van der Waals surface area contributed by atoms with Crippen LogP contribution in [0.5, 0.6) is 11.5 Å². The van der Waals surface area contributed by atoms with E-state index < -0.39 is 0 Å². The highest BCUT2D eigenvalue weighted by molar-refractivity contribution is 7.22. The van der Waals surface area contributed by atoms with Gasteiger partial charge in [0.15, 0.2) is 11.5 Å². The van der Waals surface area contributed by atoms with Crippen LogP contribution in [0.4, 0.5) is 0 Å². The predicted octanol–water partition coefficient (Wildman–Crippen LogP) is 4.80. The van der Waals surface area contributed by atoms with E-state index in [2.05, 4.69) is 4.99 Å². The Morgan fingerprint density at radius 1 is 1.15 bits per heavy atom. The number of aliphatic imine (C=N–C) groups is 1. The first-order valence-electron chi connectivity index (χ1n) is 8.15. The van der Waals surface area contributed by atoms with Gasteiger partial charge < -0.3 is 9.47 Å². The Bertz CT molecular complexity index is 1050. The number of halogens is 1. The molecule has 2 heterocycles. The van der Waals surface area contributed by atoms with Crippen LogP contribution in [0.2, 0.25) is 5.02 Å². The molecule has 0 N–H and O–H groups in total. The van der Waals surface area contributed by atoms with Crippen LogP contribution in [0.3, 0.4) is 0 Å². The Morgan fingerprint density at radius 3 is 2.62 bits per heavy atom. The Hall–Kier alpha value is -2.37. The van der Waals surface area contributed by atoms with Gasteiger partial charge in [0.1, 0.15) is 5.71 Å². The summed E-state index contributed by atoms with van der Waals surface area (Å²) in [5.74, 6) is 1.08. The van der Waals surface area contributed by atoms with E-state index in [1.54, 1.807) is 14.2 Å². The van der Waals surface area contributed by atoms with Gasteiger partial charge in [0.2, 0.25) is 5.78 Å². The van der Waals surface area contributed by atoms with Crippen LogP contribution in [0, 0.1) is 0 Å². The average molecular weight is 386 g/mol. The summed E-state index contributed by atoms with van der Waals surface area (Å²) >= 11 is 7.89. The quantitative estimate of drug-likeness (QED) is 0.606. The zero-order valence-corrected chi connectivity index (χ0v) is 15.9. The number of rotatable bonds is 4. The summed E-state index contributed by atoms with van der Waals surface area (Å²) in [7, 11) is 3.18. The molecule has 0 fully saturated rings. The molecule has 1 aliphatic heterocycles. The second-order valence-corrected chi connectivity index (χ2v) is 7.35. The van der Waals surface area contributed by atoms with Crippen molar-refractivity contribution >= 4 is 44.5 Å². The molecule has 1 aliphatic rings. The van der Waals surface area contributed by atoms with E-state index in [9.17, 15) is 4.79 Å². The third-order valence-electron chi connectivity index (χ3n) is 4.47. The molecule has 26 heavy (non-hydrogen) atoms. The SMILES string of the molecule is COc1cc2c(cc1OC)C(C(=O)c1sc3ccccc3c1Cl)=NCC2. The predicted molar refractivity (Wildman–Crippen MR) is 106 cm³/mol. The highest BCUT2D eigenvalue weighted by Crippen LogP contribution is 2.38. The first kappa shape index (κ1) is 17.1. The van der Waals surface area contributed by atoms with Crippen LogP contribution in [-0.4, -0.2) is 32.3 Å². The highest BCUT2D eigenvalue weighted by atomic mass is 35.5. The molecule has 3 aromatic rings. The molecular weight excluding hydrogens is 370 g/mol. The number of carbonyl (C=O) groups is 1. The third-order valence-corrected chi connectivity index (χ3v) is 6.15. The van der Waals surface area contributed by atoms with Crippen molar-refractivity contribution in [1.82, 2.24) is 0 Å². The second kappa shape index (κ2) is 6.74. The molecule has 0 bridgehead atoms. The van der Waals surface area contributed by atoms with Crippen molar-refractivity contribution in [2.45, 2.75) is 6.42 Å². The lowest BCUT2D eigenvalue weighted by atomic mass is 9.94. The number of fused-ring (bicyclic) bond motifs is 2. The number of ether oxygens (including phenoxy) is 2. The van der Waals surface area contributed by atoms with Gasteiger partial charge in [0.25, 0.3) is 0 Å².